The Morgan fingerprint density at radius 1 is 0.944 bits per heavy atom. The molecule has 0 aliphatic heterocycles. The standard InChI is InChI=1S/C8H6BF6O2.K/c10-8(11,12)17-7-3-1-6(2-4-7)16-5-9(13,14)15;/h1-4H,5H2;/q-1;+1. The van der Waals surface area contributed by atoms with Crippen molar-refractivity contribution in [2.45, 2.75) is 6.36 Å². The fourth-order valence-electron chi connectivity index (χ4n) is 0.928. The molecular weight excluding hydrogens is 292 g/mol. The molecule has 0 atom stereocenters. The van der Waals surface area contributed by atoms with Crippen LogP contribution in [-0.2, 0) is 0 Å². The van der Waals surface area contributed by atoms with Gasteiger partial charge in [0.1, 0.15) is 11.5 Å². The average molecular weight is 298 g/mol. The number of benzene rings is 1. The first kappa shape index (κ1) is 18.1. The van der Waals surface area contributed by atoms with Crippen molar-refractivity contribution in [3.63, 3.8) is 0 Å². The van der Waals surface area contributed by atoms with Crippen LogP contribution in [0.25, 0.3) is 0 Å². The summed E-state index contributed by atoms with van der Waals surface area (Å²) >= 11 is 0. The number of rotatable bonds is 4. The first-order valence-electron chi connectivity index (χ1n) is 4.35. The number of ether oxygens (including phenoxy) is 2. The SMILES string of the molecule is F[B-](F)(F)COc1ccc(OC(F)(F)F)cc1.[K+]. The summed E-state index contributed by atoms with van der Waals surface area (Å²) in [6.45, 7) is -6.54. The van der Waals surface area contributed by atoms with Crippen LogP contribution in [-0.4, -0.2) is 19.8 Å². The van der Waals surface area contributed by atoms with Crippen LogP contribution >= 0.6 is 0 Å². The molecule has 0 aliphatic carbocycles. The van der Waals surface area contributed by atoms with E-state index in [1.807, 2.05) is 0 Å². The van der Waals surface area contributed by atoms with Crippen molar-refractivity contribution < 1.29 is 87.0 Å². The van der Waals surface area contributed by atoms with Crippen molar-refractivity contribution in [2.24, 2.45) is 0 Å². The Labute approximate surface area is 141 Å². The normalized spacial score (nSPS) is 11.7. The van der Waals surface area contributed by atoms with Gasteiger partial charge in [-0.1, -0.05) is 0 Å². The maximum Gasteiger partial charge on any atom is 1.00 e. The van der Waals surface area contributed by atoms with E-state index in [-0.39, 0.29) is 57.1 Å². The van der Waals surface area contributed by atoms with Crippen LogP contribution < -0.4 is 60.9 Å². The molecule has 0 heterocycles. The van der Waals surface area contributed by atoms with Gasteiger partial charge in [0.15, 0.2) is 0 Å². The average Bonchev–Trinajstić information content (AvgIpc) is 2.13. The third kappa shape index (κ3) is 8.25. The van der Waals surface area contributed by atoms with Crippen molar-refractivity contribution in [2.75, 3.05) is 6.51 Å². The fourth-order valence-corrected chi connectivity index (χ4v) is 0.928. The Hall–Kier alpha value is 0.101. The van der Waals surface area contributed by atoms with E-state index in [9.17, 15) is 26.1 Å². The van der Waals surface area contributed by atoms with Gasteiger partial charge in [-0.3, -0.25) is 0 Å². The maximum atomic E-state index is 11.8. The second kappa shape index (κ2) is 7.04. The van der Waals surface area contributed by atoms with Gasteiger partial charge in [0.25, 0.3) is 0 Å². The topological polar surface area (TPSA) is 18.5 Å². The summed E-state index contributed by atoms with van der Waals surface area (Å²) in [5.74, 6) is -0.707. The van der Waals surface area contributed by atoms with Gasteiger partial charge in [-0.15, -0.1) is 13.2 Å². The van der Waals surface area contributed by atoms with Crippen molar-refractivity contribution in [3.8, 4) is 11.5 Å². The van der Waals surface area contributed by atoms with Crippen LogP contribution in [0.3, 0.4) is 0 Å². The summed E-state index contributed by atoms with van der Waals surface area (Å²) < 4.78 is 78.5. The van der Waals surface area contributed by atoms with E-state index >= 15 is 0 Å². The molecular formula is C8H6BF6KO2. The van der Waals surface area contributed by atoms with Gasteiger partial charge in [0, 0.05) is 0 Å². The molecule has 0 aromatic heterocycles. The molecule has 0 fully saturated rings. The summed E-state index contributed by atoms with van der Waals surface area (Å²) in [7, 11) is 0. The van der Waals surface area contributed by atoms with Crippen LogP contribution in [0, 0.1) is 0 Å². The molecule has 96 valence electrons. The molecule has 0 unspecified atom stereocenters. The second-order valence-corrected chi connectivity index (χ2v) is 3.04. The molecule has 0 spiro atoms. The molecule has 18 heavy (non-hydrogen) atoms. The Morgan fingerprint density at radius 3 is 1.78 bits per heavy atom. The molecule has 1 aromatic rings. The third-order valence-electron chi connectivity index (χ3n) is 1.50. The molecule has 0 bridgehead atoms. The monoisotopic (exact) mass is 298 g/mol. The number of hydrogen-bond donors (Lipinski definition) is 0. The molecule has 0 radical (unpaired) electrons. The van der Waals surface area contributed by atoms with Gasteiger partial charge in [0.05, 0.1) is 6.51 Å². The van der Waals surface area contributed by atoms with Gasteiger partial charge in [-0.25, -0.2) is 0 Å². The molecule has 0 aliphatic rings. The minimum atomic E-state index is -5.10. The Morgan fingerprint density at radius 2 is 1.39 bits per heavy atom. The van der Waals surface area contributed by atoms with E-state index in [1.165, 1.54) is 0 Å². The van der Waals surface area contributed by atoms with Crippen LogP contribution in [0.5, 0.6) is 11.5 Å². The van der Waals surface area contributed by atoms with Gasteiger partial charge >= 0.3 is 64.7 Å². The minimum absolute atomic E-state index is 0. The van der Waals surface area contributed by atoms with Crippen LogP contribution in [0.4, 0.5) is 26.1 Å². The first-order chi connectivity index (χ1) is 7.66. The smallest absolute Gasteiger partial charge is 0.522 e. The number of hydrogen-bond acceptors (Lipinski definition) is 2. The van der Waals surface area contributed by atoms with E-state index in [2.05, 4.69) is 9.47 Å². The van der Waals surface area contributed by atoms with E-state index in [1.54, 1.807) is 0 Å². The van der Waals surface area contributed by atoms with E-state index < -0.39 is 25.6 Å². The zero-order chi connectivity index (χ0) is 13.1. The van der Waals surface area contributed by atoms with Crippen LogP contribution in [0.2, 0.25) is 0 Å². The molecule has 1 aromatic carbocycles. The fraction of sp³-hybridized carbons (Fsp3) is 0.250. The zero-order valence-corrected chi connectivity index (χ0v) is 12.3. The van der Waals surface area contributed by atoms with Crippen molar-refractivity contribution in [1.82, 2.24) is 0 Å². The van der Waals surface area contributed by atoms with Gasteiger partial charge in [-0.05, 0) is 24.3 Å². The molecule has 0 N–H and O–H groups in total. The van der Waals surface area contributed by atoms with Gasteiger partial charge in [0.2, 0.25) is 0 Å². The van der Waals surface area contributed by atoms with E-state index in [0.717, 1.165) is 24.3 Å². The molecule has 2 nitrogen and oxygen atoms in total. The number of alkyl halides is 3. The number of halogens is 6. The largest absolute Gasteiger partial charge is 1.00 e. The molecule has 0 amide bonds. The van der Waals surface area contributed by atoms with Gasteiger partial charge in [-0.2, -0.15) is 0 Å². The maximum absolute atomic E-state index is 11.8. The quantitative estimate of drug-likeness (QED) is 0.590. The van der Waals surface area contributed by atoms with Crippen molar-refractivity contribution in [1.29, 1.82) is 0 Å². The Bertz CT molecular complexity index is 363. The predicted octanol–water partition coefficient (Wildman–Crippen LogP) is 0.355. The van der Waals surface area contributed by atoms with Crippen LogP contribution in [0.15, 0.2) is 24.3 Å². The summed E-state index contributed by atoms with van der Waals surface area (Å²) in [5, 5.41) is 0. The Balaban J connectivity index is 0.00000289. The molecule has 0 saturated carbocycles. The van der Waals surface area contributed by atoms with Gasteiger partial charge < -0.3 is 22.4 Å². The summed E-state index contributed by atoms with van der Waals surface area (Å²) in [4.78, 5) is 0. The van der Waals surface area contributed by atoms with Crippen LogP contribution in [0.1, 0.15) is 0 Å². The van der Waals surface area contributed by atoms with Crippen molar-refractivity contribution >= 4 is 6.98 Å². The van der Waals surface area contributed by atoms with E-state index in [0.29, 0.717) is 0 Å². The third-order valence-corrected chi connectivity index (χ3v) is 1.50. The molecule has 0 saturated heterocycles. The first-order valence-corrected chi connectivity index (χ1v) is 4.35. The minimum Gasteiger partial charge on any atom is -0.522 e. The van der Waals surface area contributed by atoms with E-state index in [4.69, 9.17) is 0 Å². The second-order valence-electron chi connectivity index (χ2n) is 3.04. The predicted molar refractivity (Wildman–Crippen MR) is 47.7 cm³/mol. The Kier molecular flexibility index (Phi) is 7.08. The molecule has 10 heteroatoms. The summed E-state index contributed by atoms with van der Waals surface area (Å²) in [6, 6.07) is 3.66. The molecule has 1 rings (SSSR count). The zero-order valence-electron chi connectivity index (χ0n) is 9.18. The summed E-state index contributed by atoms with van der Waals surface area (Å²) in [5.41, 5.74) is 0. The van der Waals surface area contributed by atoms with Crippen molar-refractivity contribution in [3.05, 3.63) is 24.3 Å². The summed E-state index contributed by atoms with van der Waals surface area (Å²) in [6.07, 6.45) is -4.84.